The molecule has 2 aromatic heterocycles. The number of benzene rings is 1. The lowest BCUT2D eigenvalue weighted by Crippen LogP contribution is -2.05. The van der Waals surface area contributed by atoms with Crippen LogP contribution in [0, 0.1) is 11.3 Å². The number of fused-ring (bicyclic) bond motifs is 1. The van der Waals surface area contributed by atoms with Crippen molar-refractivity contribution in [1.29, 1.82) is 5.26 Å². The molecule has 0 saturated heterocycles. The van der Waals surface area contributed by atoms with Gasteiger partial charge in [0.15, 0.2) is 5.65 Å². The van der Waals surface area contributed by atoms with Crippen LogP contribution in [0.2, 0.25) is 0 Å². The van der Waals surface area contributed by atoms with Crippen LogP contribution in [-0.2, 0) is 6.54 Å². The average Bonchev–Trinajstić information content (AvgIpc) is 2.76. The normalized spacial score (nSPS) is 10.5. The van der Waals surface area contributed by atoms with Crippen LogP contribution < -0.4 is 5.73 Å². The van der Waals surface area contributed by atoms with Crippen molar-refractivity contribution in [2.75, 3.05) is 5.73 Å². The summed E-state index contributed by atoms with van der Waals surface area (Å²) < 4.78 is 1.86. The topological polar surface area (TPSA) is 80.5 Å². The maximum Gasteiger partial charge on any atom is 0.202 e. The van der Waals surface area contributed by atoms with Gasteiger partial charge in [-0.15, -0.1) is 0 Å². The predicted octanol–water partition coefficient (Wildman–Crippen LogP) is 1.93. The van der Waals surface area contributed by atoms with E-state index in [-0.39, 0.29) is 0 Å². The molecule has 2 heterocycles. The van der Waals surface area contributed by atoms with E-state index >= 15 is 0 Å². The minimum Gasteiger partial charge on any atom is -0.369 e. The summed E-state index contributed by atoms with van der Waals surface area (Å²) >= 11 is 0. The zero-order valence-corrected chi connectivity index (χ0v) is 10.1. The molecule has 5 nitrogen and oxygen atoms in total. The molecule has 19 heavy (non-hydrogen) atoms. The molecule has 0 spiro atoms. The molecular formula is C14H11N5. The van der Waals surface area contributed by atoms with Gasteiger partial charge in [0.05, 0.1) is 18.2 Å². The Balaban J connectivity index is 2.00. The SMILES string of the molecule is N#Cc1ccc(Cn2c(N)nc3cccnc32)cc1. The monoisotopic (exact) mass is 249 g/mol. The van der Waals surface area contributed by atoms with Crippen LogP contribution in [0.25, 0.3) is 11.2 Å². The standard InChI is InChI=1S/C14H11N5/c15-8-10-3-5-11(6-4-10)9-19-13-12(18-14(19)16)2-1-7-17-13/h1-7H,9H2,(H2,16,18). The highest BCUT2D eigenvalue weighted by Crippen LogP contribution is 2.17. The van der Waals surface area contributed by atoms with Crippen molar-refractivity contribution in [2.45, 2.75) is 6.54 Å². The highest BCUT2D eigenvalue weighted by Gasteiger charge is 2.08. The van der Waals surface area contributed by atoms with Crippen molar-refractivity contribution >= 4 is 17.1 Å². The molecular weight excluding hydrogens is 238 g/mol. The van der Waals surface area contributed by atoms with Gasteiger partial charge in [0.2, 0.25) is 5.95 Å². The molecule has 0 bridgehead atoms. The maximum atomic E-state index is 8.78. The fourth-order valence-corrected chi connectivity index (χ4v) is 2.00. The Kier molecular flexibility index (Phi) is 2.62. The first kappa shape index (κ1) is 11.2. The highest BCUT2D eigenvalue weighted by molar-refractivity contribution is 5.73. The Bertz CT molecular complexity index is 765. The van der Waals surface area contributed by atoms with Crippen LogP contribution in [0.15, 0.2) is 42.6 Å². The third-order valence-corrected chi connectivity index (χ3v) is 2.96. The van der Waals surface area contributed by atoms with E-state index in [4.69, 9.17) is 11.0 Å². The molecule has 2 N–H and O–H groups in total. The fraction of sp³-hybridized carbons (Fsp3) is 0.0714. The molecule has 0 atom stereocenters. The molecule has 1 aromatic carbocycles. The number of hydrogen-bond acceptors (Lipinski definition) is 4. The summed E-state index contributed by atoms with van der Waals surface area (Å²) in [6.45, 7) is 0.588. The first-order chi connectivity index (χ1) is 9.28. The van der Waals surface area contributed by atoms with Gasteiger partial charge in [0.1, 0.15) is 5.52 Å². The van der Waals surface area contributed by atoms with Crippen molar-refractivity contribution in [3.05, 3.63) is 53.7 Å². The second-order valence-corrected chi connectivity index (χ2v) is 4.21. The Morgan fingerprint density at radius 1 is 1.21 bits per heavy atom. The van der Waals surface area contributed by atoms with Crippen molar-refractivity contribution in [3.63, 3.8) is 0 Å². The molecule has 0 aliphatic heterocycles. The van der Waals surface area contributed by atoms with Gasteiger partial charge in [-0.2, -0.15) is 5.26 Å². The van der Waals surface area contributed by atoms with E-state index in [2.05, 4.69) is 16.0 Å². The van der Waals surface area contributed by atoms with E-state index < -0.39 is 0 Å². The molecule has 0 aliphatic carbocycles. The molecule has 0 radical (unpaired) electrons. The number of aromatic nitrogens is 3. The number of pyridine rings is 1. The molecule has 92 valence electrons. The zero-order chi connectivity index (χ0) is 13.2. The number of imidazole rings is 1. The minimum absolute atomic E-state index is 0.443. The number of rotatable bonds is 2. The summed E-state index contributed by atoms with van der Waals surface area (Å²) in [7, 11) is 0. The Morgan fingerprint density at radius 2 is 2.00 bits per heavy atom. The van der Waals surface area contributed by atoms with Gasteiger partial charge in [-0.05, 0) is 29.8 Å². The number of nitrogens with zero attached hydrogens (tertiary/aromatic N) is 4. The molecule has 0 saturated carbocycles. The van der Waals surface area contributed by atoms with Crippen molar-refractivity contribution < 1.29 is 0 Å². The second-order valence-electron chi connectivity index (χ2n) is 4.21. The smallest absolute Gasteiger partial charge is 0.202 e. The predicted molar refractivity (Wildman–Crippen MR) is 72.2 cm³/mol. The summed E-state index contributed by atoms with van der Waals surface area (Å²) in [4.78, 5) is 8.57. The van der Waals surface area contributed by atoms with Gasteiger partial charge >= 0.3 is 0 Å². The fourth-order valence-electron chi connectivity index (χ4n) is 2.00. The van der Waals surface area contributed by atoms with Crippen LogP contribution >= 0.6 is 0 Å². The number of hydrogen-bond donors (Lipinski definition) is 1. The number of nitrogens with two attached hydrogens (primary N) is 1. The van der Waals surface area contributed by atoms with Gasteiger partial charge in [-0.1, -0.05) is 12.1 Å². The van der Waals surface area contributed by atoms with E-state index in [1.807, 2.05) is 28.8 Å². The van der Waals surface area contributed by atoms with E-state index in [1.54, 1.807) is 18.3 Å². The van der Waals surface area contributed by atoms with E-state index in [9.17, 15) is 0 Å². The van der Waals surface area contributed by atoms with Gasteiger partial charge in [-0.25, -0.2) is 9.97 Å². The number of nitriles is 1. The summed E-state index contributed by atoms with van der Waals surface area (Å²) in [6.07, 6.45) is 1.72. The third kappa shape index (κ3) is 2.00. The summed E-state index contributed by atoms with van der Waals surface area (Å²) in [5, 5.41) is 8.78. The van der Waals surface area contributed by atoms with Crippen LogP contribution in [0.4, 0.5) is 5.95 Å². The lowest BCUT2D eigenvalue weighted by molar-refractivity contribution is 0.828. The second kappa shape index (κ2) is 4.42. The van der Waals surface area contributed by atoms with E-state index in [0.717, 1.165) is 16.7 Å². The van der Waals surface area contributed by atoms with Crippen molar-refractivity contribution in [1.82, 2.24) is 14.5 Å². The molecule has 3 rings (SSSR count). The van der Waals surface area contributed by atoms with Gasteiger partial charge in [-0.3, -0.25) is 4.57 Å². The maximum absolute atomic E-state index is 8.78. The molecule has 0 unspecified atom stereocenters. The third-order valence-electron chi connectivity index (χ3n) is 2.96. The Labute approximate surface area is 109 Å². The Morgan fingerprint density at radius 3 is 2.74 bits per heavy atom. The minimum atomic E-state index is 0.443. The van der Waals surface area contributed by atoms with Crippen LogP contribution in [0.5, 0.6) is 0 Å². The molecule has 0 amide bonds. The van der Waals surface area contributed by atoms with Gasteiger partial charge in [0, 0.05) is 6.20 Å². The molecule has 3 aromatic rings. The van der Waals surface area contributed by atoms with E-state index in [1.165, 1.54) is 0 Å². The zero-order valence-electron chi connectivity index (χ0n) is 10.1. The average molecular weight is 249 g/mol. The largest absolute Gasteiger partial charge is 0.369 e. The summed E-state index contributed by atoms with van der Waals surface area (Å²) in [6, 6.07) is 13.2. The van der Waals surface area contributed by atoms with Crippen LogP contribution in [-0.4, -0.2) is 14.5 Å². The lowest BCUT2D eigenvalue weighted by atomic mass is 10.1. The summed E-state index contributed by atoms with van der Waals surface area (Å²) in [5.41, 5.74) is 9.17. The first-order valence-electron chi connectivity index (χ1n) is 5.84. The lowest BCUT2D eigenvalue weighted by Gasteiger charge is -2.05. The quantitative estimate of drug-likeness (QED) is 0.752. The first-order valence-corrected chi connectivity index (χ1v) is 5.84. The Hall–Kier alpha value is -2.87. The van der Waals surface area contributed by atoms with Crippen molar-refractivity contribution in [3.8, 4) is 6.07 Å². The summed E-state index contributed by atoms with van der Waals surface area (Å²) in [5.74, 6) is 0.443. The highest BCUT2D eigenvalue weighted by atomic mass is 15.2. The molecule has 0 fully saturated rings. The number of anilines is 1. The van der Waals surface area contributed by atoms with E-state index in [0.29, 0.717) is 18.1 Å². The van der Waals surface area contributed by atoms with Crippen molar-refractivity contribution in [2.24, 2.45) is 0 Å². The van der Waals surface area contributed by atoms with Gasteiger partial charge in [0.25, 0.3) is 0 Å². The van der Waals surface area contributed by atoms with Crippen LogP contribution in [0.1, 0.15) is 11.1 Å². The van der Waals surface area contributed by atoms with Gasteiger partial charge < -0.3 is 5.73 Å². The van der Waals surface area contributed by atoms with Crippen LogP contribution in [0.3, 0.4) is 0 Å². The molecule has 5 heteroatoms. The number of nitrogen functional groups attached to an aromatic ring is 1. The molecule has 0 aliphatic rings.